The fraction of sp³-hybridized carbons (Fsp3) is 0.562. The van der Waals surface area contributed by atoms with Crippen LogP contribution in [0.4, 0.5) is 0 Å². The summed E-state index contributed by atoms with van der Waals surface area (Å²) in [5.74, 6) is 0. The van der Waals surface area contributed by atoms with Crippen LogP contribution in [-0.4, -0.2) is 11.4 Å². The summed E-state index contributed by atoms with van der Waals surface area (Å²) in [6, 6.07) is 0. The Morgan fingerprint density at radius 2 is 1.45 bits per heavy atom. The molecule has 38 heavy (non-hydrogen) atoms. The predicted molar refractivity (Wildman–Crippen MR) is 170 cm³/mol. The highest BCUT2D eigenvalue weighted by Crippen LogP contribution is 2.35. The number of hydrogen-bond acceptors (Lipinski definition) is 4. The van der Waals surface area contributed by atoms with Gasteiger partial charge < -0.3 is 4.90 Å². The number of thioether (sulfide) groups is 1. The van der Waals surface area contributed by atoms with Crippen LogP contribution in [0.15, 0.2) is 45.1 Å². The molecular formula is C32H49N3S3+2. The monoisotopic (exact) mass is 571 g/mol. The van der Waals surface area contributed by atoms with Crippen LogP contribution in [0.3, 0.4) is 0 Å². The van der Waals surface area contributed by atoms with Gasteiger partial charge in [-0.1, -0.05) is 80.9 Å². The van der Waals surface area contributed by atoms with Crippen molar-refractivity contribution in [1.29, 1.82) is 0 Å². The highest BCUT2D eigenvalue weighted by molar-refractivity contribution is 8.06. The quantitative estimate of drug-likeness (QED) is 0.113. The molecule has 0 radical (unpaired) electrons. The molecule has 0 aliphatic carbocycles. The number of aryl methyl sites for hydroxylation is 2. The largest absolute Gasteiger partial charge is 0.339 e. The van der Waals surface area contributed by atoms with Crippen molar-refractivity contribution in [3.63, 3.8) is 0 Å². The lowest BCUT2D eigenvalue weighted by Gasteiger charge is -2.21. The number of nitrogens with zero attached hydrogens (tertiary/aromatic N) is 3. The Morgan fingerprint density at radius 1 is 0.816 bits per heavy atom. The molecular weight excluding hydrogens is 523 g/mol. The number of rotatable bonds is 16. The Kier molecular flexibility index (Phi) is 13.4. The molecule has 0 unspecified atom stereocenters. The summed E-state index contributed by atoms with van der Waals surface area (Å²) in [5, 5.41) is 11.0. The number of thiazole rings is 2. The summed E-state index contributed by atoms with van der Waals surface area (Å²) < 4.78 is 5.03. The third-order valence-corrected chi connectivity index (χ3v) is 10.4. The molecule has 0 fully saturated rings. The van der Waals surface area contributed by atoms with Gasteiger partial charge in [-0.25, -0.2) is 0 Å². The minimum absolute atomic E-state index is 1.09. The van der Waals surface area contributed by atoms with Gasteiger partial charge in [0, 0.05) is 45.0 Å². The first-order chi connectivity index (χ1) is 18.5. The first-order valence-electron chi connectivity index (χ1n) is 14.7. The average Bonchev–Trinajstić information content (AvgIpc) is 3.57. The maximum atomic E-state index is 2.54. The molecule has 208 valence electrons. The van der Waals surface area contributed by atoms with Gasteiger partial charge in [-0.2, -0.15) is 9.13 Å². The van der Waals surface area contributed by atoms with E-state index < -0.39 is 0 Å². The third kappa shape index (κ3) is 8.69. The first kappa shape index (κ1) is 30.9. The van der Waals surface area contributed by atoms with Crippen molar-refractivity contribution in [2.24, 2.45) is 0 Å². The lowest BCUT2D eigenvalue weighted by Crippen LogP contribution is -2.38. The van der Waals surface area contributed by atoms with Crippen LogP contribution in [0.1, 0.15) is 107 Å². The highest BCUT2D eigenvalue weighted by atomic mass is 32.2. The second-order valence-corrected chi connectivity index (χ2v) is 12.9. The van der Waals surface area contributed by atoms with Crippen LogP contribution < -0.4 is 9.13 Å². The Bertz CT molecular complexity index is 1130. The van der Waals surface area contributed by atoms with Gasteiger partial charge in [0.1, 0.15) is 13.1 Å². The number of aromatic nitrogens is 2. The van der Waals surface area contributed by atoms with Crippen molar-refractivity contribution >= 4 is 46.1 Å². The summed E-state index contributed by atoms with van der Waals surface area (Å²) in [6.07, 6.45) is 20.8. The van der Waals surface area contributed by atoms with Crippen LogP contribution in [0.5, 0.6) is 0 Å². The first-order valence-corrected chi connectivity index (χ1v) is 17.3. The molecule has 2 aromatic rings. The normalized spacial score (nSPS) is 15.4. The molecule has 3 nitrogen and oxygen atoms in total. The summed E-state index contributed by atoms with van der Waals surface area (Å²) in [6.45, 7) is 16.9. The fourth-order valence-electron chi connectivity index (χ4n) is 4.74. The van der Waals surface area contributed by atoms with Gasteiger partial charge >= 0.3 is 0 Å². The van der Waals surface area contributed by atoms with Crippen LogP contribution in [0, 0.1) is 13.8 Å². The van der Waals surface area contributed by atoms with Crippen molar-refractivity contribution in [3.05, 3.63) is 66.5 Å². The molecule has 0 atom stereocenters. The van der Waals surface area contributed by atoms with Crippen molar-refractivity contribution in [2.45, 2.75) is 112 Å². The minimum atomic E-state index is 1.09. The van der Waals surface area contributed by atoms with E-state index in [1.165, 1.54) is 95.5 Å². The lowest BCUT2D eigenvalue weighted by atomic mass is 10.2. The zero-order valence-corrected chi connectivity index (χ0v) is 27.0. The van der Waals surface area contributed by atoms with Crippen molar-refractivity contribution in [3.8, 4) is 0 Å². The third-order valence-electron chi connectivity index (χ3n) is 7.11. The van der Waals surface area contributed by atoms with E-state index in [4.69, 9.17) is 0 Å². The zero-order valence-electron chi connectivity index (χ0n) is 24.6. The molecule has 3 rings (SSSR count). The Morgan fingerprint density at radius 3 is 2.16 bits per heavy atom. The molecule has 0 spiro atoms. The summed E-state index contributed by atoms with van der Waals surface area (Å²) >= 11 is 5.61. The van der Waals surface area contributed by atoms with E-state index in [0.717, 1.165) is 19.6 Å². The van der Waals surface area contributed by atoms with Gasteiger partial charge in [-0.15, -0.1) is 0 Å². The molecule has 0 saturated heterocycles. The Labute approximate surface area is 244 Å². The Hall–Kier alpha value is -1.63. The SMILES string of the molecule is CCCCCN1C(C)=CS\C1=C/C=C(/C=C/c1scc(C)[n+]1CCCCC)c1scc(C)[n+]1CCCCC. The average molecular weight is 572 g/mol. The summed E-state index contributed by atoms with van der Waals surface area (Å²) in [5.41, 5.74) is 5.40. The number of allylic oxidation sites excluding steroid dienone is 5. The van der Waals surface area contributed by atoms with Crippen molar-refractivity contribution in [2.75, 3.05) is 6.54 Å². The fourth-order valence-corrected chi connectivity index (χ4v) is 7.63. The van der Waals surface area contributed by atoms with E-state index in [2.05, 4.69) is 96.0 Å². The van der Waals surface area contributed by atoms with Crippen molar-refractivity contribution < 1.29 is 9.13 Å². The van der Waals surface area contributed by atoms with E-state index in [9.17, 15) is 0 Å². The summed E-state index contributed by atoms with van der Waals surface area (Å²) in [7, 11) is 0. The number of unbranched alkanes of at least 4 members (excludes halogenated alkanes) is 6. The van der Waals surface area contributed by atoms with Gasteiger partial charge in [0.15, 0.2) is 11.4 Å². The van der Waals surface area contributed by atoms with Gasteiger partial charge in [-0.05, 0) is 49.8 Å². The van der Waals surface area contributed by atoms with E-state index >= 15 is 0 Å². The van der Waals surface area contributed by atoms with Crippen LogP contribution in [0.25, 0.3) is 11.6 Å². The zero-order chi connectivity index (χ0) is 27.3. The molecule has 0 saturated carbocycles. The molecule has 0 aromatic carbocycles. The molecule has 2 aromatic heterocycles. The minimum Gasteiger partial charge on any atom is -0.339 e. The van der Waals surface area contributed by atoms with Gasteiger partial charge in [0.25, 0.3) is 10.0 Å². The maximum Gasteiger partial charge on any atom is 0.269 e. The van der Waals surface area contributed by atoms with Crippen LogP contribution in [0.2, 0.25) is 0 Å². The molecule has 3 heterocycles. The van der Waals surface area contributed by atoms with Crippen LogP contribution >= 0.6 is 34.4 Å². The van der Waals surface area contributed by atoms with E-state index in [0.29, 0.717) is 0 Å². The van der Waals surface area contributed by atoms with E-state index in [-0.39, 0.29) is 0 Å². The van der Waals surface area contributed by atoms with Crippen molar-refractivity contribution in [1.82, 2.24) is 4.90 Å². The topological polar surface area (TPSA) is 11.0 Å². The standard InChI is InChI=1S/C32H49N3S3/c1-7-10-13-20-33-26(4)23-36-30(33)18-16-29(32-35(22-15-12-9-3)28(6)25-38-32)17-19-31-34(21-14-11-8-2)27(5)24-37-31/h16-19,23-25H,7-15,20-22H2,1-6H3/q+2. The lowest BCUT2D eigenvalue weighted by molar-refractivity contribution is -0.700. The molecule has 0 bridgehead atoms. The second kappa shape index (κ2) is 16.5. The molecule has 1 aliphatic rings. The molecule has 1 aliphatic heterocycles. The maximum absolute atomic E-state index is 2.54. The predicted octanol–water partition coefficient (Wildman–Crippen LogP) is 9.42. The molecule has 0 N–H and O–H groups in total. The number of hydrogen-bond donors (Lipinski definition) is 0. The van der Waals surface area contributed by atoms with Gasteiger partial charge in [-0.3, -0.25) is 0 Å². The Balaban J connectivity index is 1.95. The molecule has 0 amide bonds. The van der Waals surface area contributed by atoms with E-state index in [1.54, 1.807) is 0 Å². The van der Waals surface area contributed by atoms with Gasteiger partial charge in [0.2, 0.25) is 0 Å². The summed E-state index contributed by atoms with van der Waals surface area (Å²) in [4.78, 5) is 2.50. The van der Waals surface area contributed by atoms with Crippen LogP contribution in [-0.2, 0) is 13.1 Å². The van der Waals surface area contributed by atoms with Gasteiger partial charge in [0.05, 0.1) is 21.4 Å². The second-order valence-electron chi connectivity index (χ2n) is 10.3. The molecule has 6 heteroatoms. The smallest absolute Gasteiger partial charge is 0.269 e. The van der Waals surface area contributed by atoms with E-state index in [1.807, 2.05) is 34.4 Å². The highest BCUT2D eigenvalue weighted by Gasteiger charge is 2.22.